The van der Waals surface area contributed by atoms with E-state index in [1.54, 1.807) is 23.9 Å². The zero-order valence-electron chi connectivity index (χ0n) is 20.3. The van der Waals surface area contributed by atoms with Gasteiger partial charge in [-0.2, -0.15) is 0 Å². The van der Waals surface area contributed by atoms with E-state index in [1.807, 2.05) is 23.1 Å². The average Bonchev–Trinajstić information content (AvgIpc) is 2.82. The molecular formula is C27H31NO4S2. The van der Waals surface area contributed by atoms with Gasteiger partial charge in [0.25, 0.3) is 0 Å². The van der Waals surface area contributed by atoms with Crippen molar-refractivity contribution in [1.82, 2.24) is 4.90 Å². The van der Waals surface area contributed by atoms with Gasteiger partial charge in [0, 0.05) is 17.2 Å². The SMILES string of the molecule is COC(=O)CN1CCS/C(=C/c2cc(C(C)C)c(OC(=O)c3ccccc3)c(C(C)C)c2)C1=S. The van der Waals surface area contributed by atoms with Gasteiger partial charge in [0.05, 0.1) is 12.7 Å². The number of ether oxygens (including phenoxy) is 2. The summed E-state index contributed by atoms with van der Waals surface area (Å²) in [7, 11) is 1.38. The number of methoxy groups -OCH3 is 1. The summed E-state index contributed by atoms with van der Waals surface area (Å²) in [5, 5.41) is 0. The second kappa shape index (κ2) is 11.7. The van der Waals surface area contributed by atoms with Crippen LogP contribution in [0.3, 0.4) is 0 Å². The molecule has 1 fully saturated rings. The lowest BCUT2D eigenvalue weighted by Gasteiger charge is -2.30. The zero-order valence-corrected chi connectivity index (χ0v) is 21.9. The van der Waals surface area contributed by atoms with Crippen LogP contribution in [-0.4, -0.2) is 47.8 Å². The van der Waals surface area contributed by atoms with Crippen LogP contribution >= 0.6 is 24.0 Å². The molecule has 0 unspecified atom stereocenters. The first-order valence-corrected chi connectivity index (χ1v) is 12.8. The molecule has 0 radical (unpaired) electrons. The Labute approximate surface area is 211 Å². The van der Waals surface area contributed by atoms with E-state index >= 15 is 0 Å². The fourth-order valence-electron chi connectivity index (χ4n) is 3.69. The summed E-state index contributed by atoms with van der Waals surface area (Å²) in [5.41, 5.74) is 3.46. The molecule has 2 aromatic carbocycles. The largest absolute Gasteiger partial charge is 0.468 e. The maximum atomic E-state index is 12.9. The standard InChI is InChI=1S/C27H31NO4S2/c1-17(2)21-13-19(15-23-26(33)28(11-12-34-23)16-24(29)31-5)14-22(18(3)4)25(21)32-27(30)20-9-7-6-8-10-20/h6-10,13-15,17-18H,11-12,16H2,1-5H3/b23-15+. The smallest absolute Gasteiger partial charge is 0.343 e. The van der Waals surface area contributed by atoms with E-state index in [9.17, 15) is 9.59 Å². The molecule has 0 aliphatic carbocycles. The molecule has 0 amide bonds. The van der Waals surface area contributed by atoms with Crippen LogP contribution in [0.15, 0.2) is 47.4 Å². The predicted molar refractivity (Wildman–Crippen MR) is 143 cm³/mol. The average molecular weight is 498 g/mol. The molecule has 0 saturated carbocycles. The highest BCUT2D eigenvalue weighted by Gasteiger charge is 2.24. The van der Waals surface area contributed by atoms with Crippen molar-refractivity contribution in [3.05, 3.63) is 69.6 Å². The van der Waals surface area contributed by atoms with Crippen LogP contribution in [0.4, 0.5) is 0 Å². The molecule has 1 heterocycles. The maximum absolute atomic E-state index is 12.9. The first-order chi connectivity index (χ1) is 16.2. The first-order valence-electron chi connectivity index (χ1n) is 11.4. The number of thioether (sulfide) groups is 1. The number of hydrogen-bond acceptors (Lipinski definition) is 6. The molecule has 0 atom stereocenters. The molecule has 5 nitrogen and oxygen atoms in total. The molecular weight excluding hydrogens is 466 g/mol. The highest BCUT2D eigenvalue weighted by molar-refractivity contribution is 8.05. The Morgan fingerprint density at radius 2 is 1.71 bits per heavy atom. The molecule has 2 aromatic rings. The molecule has 0 aromatic heterocycles. The van der Waals surface area contributed by atoms with Crippen molar-refractivity contribution in [2.45, 2.75) is 39.5 Å². The number of carbonyl (C=O) groups is 2. The van der Waals surface area contributed by atoms with Crippen LogP contribution in [0.2, 0.25) is 0 Å². The Bertz CT molecular complexity index is 1060. The van der Waals surface area contributed by atoms with Crippen molar-refractivity contribution in [3.63, 3.8) is 0 Å². The number of esters is 2. The van der Waals surface area contributed by atoms with E-state index in [-0.39, 0.29) is 30.3 Å². The fraction of sp³-hybridized carbons (Fsp3) is 0.370. The Morgan fingerprint density at radius 3 is 2.26 bits per heavy atom. The third-order valence-corrected chi connectivity index (χ3v) is 7.20. The van der Waals surface area contributed by atoms with Crippen LogP contribution in [0.5, 0.6) is 5.75 Å². The van der Waals surface area contributed by atoms with Gasteiger partial charge in [0.1, 0.15) is 17.3 Å². The maximum Gasteiger partial charge on any atom is 0.343 e. The van der Waals surface area contributed by atoms with Gasteiger partial charge >= 0.3 is 11.9 Å². The lowest BCUT2D eigenvalue weighted by atomic mass is 9.91. The topological polar surface area (TPSA) is 55.8 Å². The zero-order chi connectivity index (χ0) is 24.8. The third kappa shape index (κ3) is 6.27. The Balaban J connectivity index is 1.99. The molecule has 0 bridgehead atoms. The minimum Gasteiger partial charge on any atom is -0.468 e. The molecule has 3 rings (SSSR count). The summed E-state index contributed by atoms with van der Waals surface area (Å²) in [4.78, 5) is 28.1. The number of carbonyl (C=O) groups excluding carboxylic acids is 2. The third-order valence-electron chi connectivity index (χ3n) is 5.58. The number of benzene rings is 2. The summed E-state index contributed by atoms with van der Waals surface area (Å²) >= 11 is 7.37. The van der Waals surface area contributed by atoms with E-state index in [2.05, 4.69) is 45.9 Å². The summed E-state index contributed by atoms with van der Waals surface area (Å²) in [6, 6.07) is 13.2. The molecule has 1 aliphatic rings. The van der Waals surface area contributed by atoms with Crippen molar-refractivity contribution in [3.8, 4) is 5.75 Å². The summed E-state index contributed by atoms with van der Waals surface area (Å²) in [6.45, 7) is 9.22. The Kier molecular flexibility index (Phi) is 8.91. The molecule has 180 valence electrons. The second-order valence-electron chi connectivity index (χ2n) is 8.75. The van der Waals surface area contributed by atoms with E-state index in [4.69, 9.17) is 21.7 Å². The lowest BCUT2D eigenvalue weighted by molar-refractivity contribution is -0.140. The van der Waals surface area contributed by atoms with Gasteiger partial charge in [0.2, 0.25) is 0 Å². The summed E-state index contributed by atoms with van der Waals surface area (Å²) in [5.74, 6) is 1.10. The number of thiocarbonyl (C=S) groups is 1. The Hall–Kier alpha value is -2.64. The van der Waals surface area contributed by atoms with Crippen molar-refractivity contribution in [1.29, 1.82) is 0 Å². The van der Waals surface area contributed by atoms with Gasteiger partial charge < -0.3 is 14.4 Å². The number of nitrogens with zero attached hydrogens (tertiary/aromatic N) is 1. The summed E-state index contributed by atoms with van der Waals surface area (Å²) in [6.07, 6.45) is 2.07. The minimum atomic E-state index is -0.363. The first kappa shape index (κ1) is 26.0. The van der Waals surface area contributed by atoms with Crippen molar-refractivity contribution in [2.24, 2.45) is 0 Å². The lowest BCUT2D eigenvalue weighted by Crippen LogP contribution is -2.39. The van der Waals surface area contributed by atoms with E-state index in [1.165, 1.54) is 7.11 Å². The van der Waals surface area contributed by atoms with Gasteiger partial charge in [-0.05, 0) is 58.9 Å². The molecule has 1 saturated heterocycles. The normalized spacial score (nSPS) is 15.2. The Morgan fingerprint density at radius 1 is 1.09 bits per heavy atom. The van der Waals surface area contributed by atoms with Gasteiger partial charge in [0.15, 0.2) is 0 Å². The van der Waals surface area contributed by atoms with Crippen LogP contribution < -0.4 is 4.74 Å². The monoisotopic (exact) mass is 497 g/mol. The highest BCUT2D eigenvalue weighted by atomic mass is 32.2. The van der Waals surface area contributed by atoms with Crippen molar-refractivity contribution in [2.75, 3.05) is 26.0 Å². The van der Waals surface area contributed by atoms with Crippen LogP contribution in [-0.2, 0) is 9.53 Å². The van der Waals surface area contributed by atoms with Crippen molar-refractivity contribution < 1.29 is 19.1 Å². The van der Waals surface area contributed by atoms with E-state index in [0.29, 0.717) is 22.8 Å². The predicted octanol–water partition coefficient (Wildman–Crippen LogP) is 6.04. The molecule has 34 heavy (non-hydrogen) atoms. The number of rotatable bonds is 7. The summed E-state index contributed by atoms with van der Waals surface area (Å²) < 4.78 is 10.8. The van der Waals surface area contributed by atoms with Gasteiger partial charge in [-0.25, -0.2) is 4.79 Å². The van der Waals surface area contributed by atoms with Crippen LogP contribution in [0.25, 0.3) is 6.08 Å². The molecule has 0 N–H and O–H groups in total. The molecule has 0 spiro atoms. The van der Waals surface area contributed by atoms with Crippen molar-refractivity contribution >= 4 is 47.0 Å². The van der Waals surface area contributed by atoms with Crippen LogP contribution in [0.1, 0.15) is 66.6 Å². The number of hydrogen-bond donors (Lipinski definition) is 0. The quantitative estimate of drug-likeness (QED) is 0.200. The van der Waals surface area contributed by atoms with E-state index < -0.39 is 0 Å². The van der Waals surface area contributed by atoms with Crippen LogP contribution in [0, 0.1) is 0 Å². The second-order valence-corrected chi connectivity index (χ2v) is 10.3. The van der Waals surface area contributed by atoms with Gasteiger partial charge in [-0.1, -0.05) is 58.1 Å². The molecule has 1 aliphatic heterocycles. The van der Waals surface area contributed by atoms with Gasteiger partial charge in [-0.3, -0.25) is 4.79 Å². The van der Waals surface area contributed by atoms with Gasteiger partial charge in [-0.15, -0.1) is 11.8 Å². The molecule has 7 heteroatoms. The fourth-order valence-corrected chi connectivity index (χ4v) is 5.09. The minimum absolute atomic E-state index is 0.149. The van der Waals surface area contributed by atoms with E-state index in [0.717, 1.165) is 27.3 Å². The highest BCUT2D eigenvalue weighted by Crippen LogP contribution is 2.38.